The largest absolute Gasteiger partial charge is 0.481 e. The SMILES string of the molecule is C=Cc1c(C)c2cc3nc(c(CC(=O)O)c4[nH]c(cc5nc(cc1[nH]2)C(C)=C5CC)c(C)c4C(=O)O)C(CCC(=O)O)[C@@H]3C. The zero-order valence-corrected chi connectivity index (χ0v) is 25.5. The van der Waals surface area contributed by atoms with Crippen LogP contribution in [0.15, 0.2) is 24.8 Å². The van der Waals surface area contributed by atoms with Gasteiger partial charge in [-0.15, -0.1) is 0 Å². The molecule has 0 spiro atoms. The number of aromatic carboxylic acids is 1. The Labute approximate surface area is 254 Å². The van der Waals surface area contributed by atoms with Crippen LogP contribution in [0.5, 0.6) is 0 Å². The van der Waals surface area contributed by atoms with Gasteiger partial charge >= 0.3 is 17.9 Å². The summed E-state index contributed by atoms with van der Waals surface area (Å²) in [7, 11) is 0. The van der Waals surface area contributed by atoms with Crippen LogP contribution < -0.4 is 0 Å². The molecular formula is C34H36N4O6. The first-order chi connectivity index (χ1) is 20.9. The first-order valence-corrected chi connectivity index (χ1v) is 14.6. The van der Waals surface area contributed by atoms with Gasteiger partial charge in [0.05, 0.1) is 34.6 Å². The summed E-state index contributed by atoms with van der Waals surface area (Å²) >= 11 is 0. The van der Waals surface area contributed by atoms with E-state index >= 15 is 0 Å². The van der Waals surface area contributed by atoms with Crippen LogP contribution in [0.25, 0.3) is 39.3 Å². The van der Waals surface area contributed by atoms with E-state index in [1.54, 1.807) is 13.0 Å². The van der Waals surface area contributed by atoms with Crippen LogP contribution >= 0.6 is 0 Å². The first kappa shape index (κ1) is 30.5. The highest BCUT2D eigenvalue weighted by molar-refractivity contribution is 6.02. The van der Waals surface area contributed by atoms with Crippen LogP contribution in [0.3, 0.4) is 0 Å². The number of aromatic amines is 2. The fraction of sp³-hybridized carbons (Fsp3) is 0.324. The van der Waals surface area contributed by atoms with Crippen LogP contribution in [0, 0.1) is 13.8 Å². The molecule has 10 nitrogen and oxygen atoms in total. The molecule has 0 fully saturated rings. The van der Waals surface area contributed by atoms with Crippen molar-refractivity contribution in [1.82, 2.24) is 19.9 Å². The van der Waals surface area contributed by atoms with Crippen LogP contribution in [-0.4, -0.2) is 53.2 Å². The number of nitrogens with one attached hydrogen (secondary N) is 2. The Hall–Kier alpha value is -4.99. The Morgan fingerprint density at radius 3 is 2.23 bits per heavy atom. The van der Waals surface area contributed by atoms with Gasteiger partial charge in [0.25, 0.3) is 0 Å². The molecule has 3 aromatic heterocycles. The number of carboxylic acids is 3. The quantitative estimate of drug-likeness (QED) is 0.185. The lowest BCUT2D eigenvalue weighted by Gasteiger charge is -2.17. The number of H-pyrrole nitrogens is 2. The molecule has 44 heavy (non-hydrogen) atoms. The number of rotatable bonds is 8. The maximum absolute atomic E-state index is 12.7. The maximum Gasteiger partial charge on any atom is 0.338 e. The number of aryl methyl sites for hydroxylation is 2. The Morgan fingerprint density at radius 1 is 0.932 bits per heavy atom. The average molecular weight is 597 g/mol. The minimum absolute atomic E-state index is 0.0465. The molecule has 0 aromatic carbocycles. The zero-order valence-electron chi connectivity index (χ0n) is 25.5. The summed E-state index contributed by atoms with van der Waals surface area (Å²) < 4.78 is 0. The van der Waals surface area contributed by atoms with E-state index in [4.69, 9.17) is 9.97 Å². The van der Waals surface area contributed by atoms with Crippen molar-refractivity contribution in [3.63, 3.8) is 0 Å². The van der Waals surface area contributed by atoms with Crippen molar-refractivity contribution in [1.29, 1.82) is 0 Å². The molecule has 10 heteroatoms. The second-order valence-electron chi connectivity index (χ2n) is 11.5. The molecule has 5 heterocycles. The maximum atomic E-state index is 12.7. The number of fused-ring (bicyclic) bond motifs is 8. The van der Waals surface area contributed by atoms with Gasteiger partial charge in [-0.05, 0) is 74.1 Å². The highest BCUT2D eigenvalue weighted by atomic mass is 16.4. The molecule has 5 N–H and O–H groups in total. The van der Waals surface area contributed by atoms with Crippen LogP contribution in [0.4, 0.5) is 0 Å². The second-order valence-corrected chi connectivity index (χ2v) is 11.5. The van der Waals surface area contributed by atoms with Crippen LogP contribution in [0.1, 0.15) is 107 Å². The standard InChI is InChI=1S/C34H36N4O6/c1-7-19-15(3)23-12-25-17(5)21(9-10-29(39)40)32(37-25)22(11-30(41)42)33-31(34(43)44)18(6)26(38-33)14-28-20(8-2)16(4)24(36-28)13-27(19)35-23/h7,12-14,17,21,35,38H,1,8-11H2,2-6H3,(H,39,40)(H,41,42)(H,43,44)/t17-,21?/m0/s1. The molecule has 5 rings (SSSR count). The minimum atomic E-state index is -1.21. The van der Waals surface area contributed by atoms with Crippen molar-refractivity contribution in [2.24, 2.45) is 0 Å². The highest BCUT2D eigenvalue weighted by Gasteiger charge is 2.33. The van der Waals surface area contributed by atoms with Gasteiger partial charge in [0.2, 0.25) is 0 Å². The molecular weight excluding hydrogens is 560 g/mol. The average Bonchev–Trinajstić information content (AvgIpc) is 3.63. The predicted molar refractivity (Wildman–Crippen MR) is 170 cm³/mol. The third kappa shape index (κ3) is 5.21. The van der Waals surface area contributed by atoms with Crippen molar-refractivity contribution < 1.29 is 29.7 Å². The summed E-state index contributed by atoms with van der Waals surface area (Å²) in [5, 5.41) is 29.9. The molecule has 228 valence electrons. The number of carbonyl (C=O) groups is 3. The molecule has 0 saturated carbocycles. The van der Waals surface area contributed by atoms with Crippen LogP contribution in [0.2, 0.25) is 0 Å². The summed E-state index contributed by atoms with van der Waals surface area (Å²) in [6.45, 7) is 13.7. The summed E-state index contributed by atoms with van der Waals surface area (Å²) in [5.41, 5.74) is 9.25. The number of carboxylic acid groups (broad SMARTS) is 3. The van der Waals surface area contributed by atoms with E-state index in [9.17, 15) is 29.7 Å². The fourth-order valence-corrected chi connectivity index (χ4v) is 6.53. The van der Waals surface area contributed by atoms with Crippen molar-refractivity contribution in [2.75, 3.05) is 0 Å². The number of allylic oxidation sites excluding steroid dienone is 2. The van der Waals surface area contributed by atoms with E-state index in [1.807, 2.05) is 45.9 Å². The van der Waals surface area contributed by atoms with E-state index in [1.165, 1.54) is 0 Å². The number of aromatic nitrogens is 4. The van der Waals surface area contributed by atoms with Gasteiger partial charge in [-0.3, -0.25) is 14.6 Å². The van der Waals surface area contributed by atoms with Crippen LogP contribution in [-0.2, 0) is 16.0 Å². The lowest BCUT2D eigenvalue weighted by Crippen LogP contribution is -2.11. The smallest absolute Gasteiger partial charge is 0.338 e. The van der Waals surface area contributed by atoms with E-state index < -0.39 is 30.2 Å². The Bertz CT molecular complexity index is 1940. The van der Waals surface area contributed by atoms with Gasteiger partial charge in [-0.25, -0.2) is 9.78 Å². The number of hydrogen-bond acceptors (Lipinski definition) is 5. The predicted octanol–water partition coefficient (Wildman–Crippen LogP) is 6.99. The highest BCUT2D eigenvalue weighted by Crippen LogP contribution is 2.43. The van der Waals surface area contributed by atoms with Gasteiger partial charge in [0, 0.05) is 51.6 Å². The first-order valence-electron chi connectivity index (χ1n) is 14.6. The van der Waals surface area contributed by atoms with Gasteiger partial charge < -0.3 is 25.3 Å². The minimum Gasteiger partial charge on any atom is -0.481 e. The summed E-state index contributed by atoms with van der Waals surface area (Å²) in [4.78, 5) is 53.2. The van der Waals surface area contributed by atoms with Crippen molar-refractivity contribution in [2.45, 2.75) is 72.1 Å². The van der Waals surface area contributed by atoms with Crippen molar-refractivity contribution in [3.8, 4) is 0 Å². The Kier molecular flexibility index (Phi) is 8.03. The molecule has 1 unspecified atom stereocenters. The lowest BCUT2D eigenvalue weighted by atomic mass is 9.85. The Morgan fingerprint density at radius 2 is 1.61 bits per heavy atom. The summed E-state index contributed by atoms with van der Waals surface area (Å²) in [6, 6.07) is 5.70. The van der Waals surface area contributed by atoms with E-state index in [0.717, 1.165) is 39.0 Å². The third-order valence-electron chi connectivity index (χ3n) is 8.95. The molecule has 0 aliphatic carbocycles. The molecule has 8 bridgehead atoms. The summed E-state index contributed by atoms with van der Waals surface area (Å²) in [5.74, 6) is -4.06. The Balaban J connectivity index is 2.04. The van der Waals surface area contributed by atoms with E-state index in [0.29, 0.717) is 34.6 Å². The molecule has 3 aromatic rings. The molecule has 2 aliphatic heterocycles. The molecule has 0 saturated heterocycles. The van der Waals surface area contributed by atoms with Gasteiger partial charge in [-0.1, -0.05) is 26.5 Å². The lowest BCUT2D eigenvalue weighted by molar-refractivity contribution is -0.138. The van der Waals surface area contributed by atoms with Gasteiger partial charge in [0.15, 0.2) is 0 Å². The van der Waals surface area contributed by atoms with Gasteiger partial charge in [-0.2, -0.15) is 0 Å². The number of aliphatic carboxylic acids is 2. The third-order valence-corrected chi connectivity index (χ3v) is 8.95. The van der Waals surface area contributed by atoms with E-state index in [2.05, 4.69) is 16.5 Å². The molecule has 0 radical (unpaired) electrons. The number of nitrogens with zero attached hydrogens (tertiary/aromatic N) is 2. The molecule has 0 amide bonds. The van der Waals surface area contributed by atoms with Crippen molar-refractivity contribution >= 4 is 57.2 Å². The molecule has 2 atom stereocenters. The zero-order chi connectivity index (χ0) is 32.0. The molecule has 2 aliphatic rings. The summed E-state index contributed by atoms with van der Waals surface area (Å²) in [6.07, 6.45) is 2.04. The second kappa shape index (κ2) is 11.6. The monoisotopic (exact) mass is 596 g/mol. The fourth-order valence-electron chi connectivity index (χ4n) is 6.53. The normalized spacial score (nSPS) is 16.3. The van der Waals surface area contributed by atoms with E-state index in [-0.39, 0.29) is 35.4 Å². The van der Waals surface area contributed by atoms with Crippen molar-refractivity contribution in [3.05, 3.63) is 75.4 Å². The van der Waals surface area contributed by atoms with Gasteiger partial charge in [0.1, 0.15) is 0 Å². The topological polar surface area (TPSA) is 169 Å². The number of hydrogen-bond donors (Lipinski definition) is 5.